The highest BCUT2D eigenvalue weighted by Gasteiger charge is 2.16. The molecular formula is C15H19N3O2S. The summed E-state index contributed by atoms with van der Waals surface area (Å²) < 4.78 is 25.1. The summed E-state index contributed by atoms with van der Waals surface area (Å²) >= 11 is 0. The zero-order valence-electron chi connectivity index (χ0n) is 12.2. The van der Waals surface area contributed by atoms with E-state index in [1.165, 1.54) is 18.4 Å². The Balaban J connectivity index is 1.94. The predicted octanol–water partition coefficient (Wildman–Crippen LogP) is 1.99. The van der Waals surface area contributed by atoms with Gasteiger partial charge in [0.15, 0.2) is 0 Å². The van der Waals surface area contributed by atoms with Crippen LogP contribution >= 0.6 is 0 Å². The third-order valence-corrected chi connectivity index (χ3v) is 4.93. The number of nitrogens with one attached hydrogen (secondary N) is 1. The number of pyridine rings is 1. The van der Waals surface area contributed by atoms with E-state index in [0.29, 0.717) is 4.90 Å². The number of nitrogens with zero attached hydrogens (tertiary/aromatic N) is 2. The highest BCUT2D eigenvalue weighted by atomic mass is 32.2. The van der Waals surface area contributed by atoms with Crippen LogP contribution in [-0.4, -0.2) is 38.3 Å². The van der Waals surface area contributed by atoms with Gasteiger partial charge in [0.25, 0.3) is 0 Å². The van der Waals surface area contributed by atoms with Crippen LogP contribution in [0.2, 0.25) is 0 Å². The SMILES string of the molecule is CN(C)S(=O)(=O)c1ccc(NCCc2cccnc2)cc1. The minimum Gasteiger partial charge on any atom is -0.385 e. The monoisotopic (exact) mass is 305 g/mol. The number of sulfonamides is 1. The summed E-state index contributed by atoms with van der Waals surface area (Å²) in [5.74, 6) is 0. The topological polar surface area (TPSA) is 62.3 Å². The molecular weight excluding hydrogens is 286 g/mol. The minimum absolute atomic E-state index is 0.297. The zero-order chi connectivity index (χ0) is 15.3. The van der Waals surface area contributed by atoms with E-state index in [1.807, 2.05) is 18.3 Å². The van der Waals surface area contributed by atoms with Gasteiger partial charge >= 0.3 is 0 Å². The van der Waals surface area contributed by atoms with Crippen molar-refractivity contribution in [2.45, 2.75) is 11.3 Å². The van der Waals surface area contributed by atoms with E-state index < -0.39 is 10.0 Å². The van der Waals surface area contributed by atoms with E-state index in [0.717, 1.165) is 24.2 Å². The lowest BCUT2D eigenvalue weighted by atomic mass is 10.2. The van der Waals surface area contributed by atoms with Crippen molar-refractivity contribution in [3.05, 3.63) is 54.4 Å². The molecule has 0 radical (unpaired) electrons. The number of anilines is 1. The summed E-state index contributed by atoms with van der Waals surface area (Å²) in [4.78, 5) is 4.36. The second kappa shape index (κ2) is 6.69. The summed E-state index contributed by atoms with van der Waals surface area (Å²) in [5.41, 5.74) is 2.06. The van der Waals surface area contributed by atoms with Gasteiger partial charge < -0.3 is 5.32 Å². The van der Waals surface area contributed by atoms with Crippen molar-refractivity contribution in [1.82, 2.24) is 9.29 Å². The summed E-state index contributed by atoms with van der Waals surface area (Å²) in [6.07, 6.45) is 4.46. The Labute approximate surface area is 125 Å². The van der Waals surface area contributed by atoms with Crippen LogP contribution in [0.3, 0.4) is 0 Å². The number of rotatable bonds is 6. The fraction of sp³-hybridized carbons (Fsp3) is 0.267. The number of hydrogen-bond acceptors (Lipinski definition) is 4. The van der Waals surface area contributed by atoms with Gasteiger partial charge in [0.2, 0.25) is 10.0 Å². The third-order valence-electron chi connectivity index (χ3n) is 3.10. The van der Waals surface area contributed by atoms with Crippen molar-refractivity contribution in [3.8, 4) is 0 Å². The smallest absolute Gasteiger partial charge is 0.242 e. The molecule has 0 saturated heterocycles. The molecule has 21 heavy (non-hydrogen) atoms. The molecule has 0 fully saturated rings. The molecule has 112 valence electrons. The molecule has 0 atom stereocenters. The molecule has 0 spiro atoms. The van der Waals surface area contributed by atoms with E-state index in [9.17, 15) is 8.42 Å². The number of hydrogen-bond donors (Lipinski definition) is 1. The van der Waals surface area contributed by atoms with Crippen LogP contribution in [-0.2, 0) is 16.4 Å². The van der Waals surface area contributed by atoms with Crippen LogP contribution in [0.4, 0.5) is 5.69 Å². The summed E-state index contributed by atoms with van der Waals surface area (Å²) in [6, 6.07) is 10.7. The zero-order valence-corrected chi connectivity index (χ0v) is 13.0. The molecule has 1 heterocycles. The average molecular weight is 305 g/mol. The van der Waals surface area contributed by atoms with Gasteiger partial charge in [-0.15, -0.1) is 0 Å². The van der Waals surface area contributed by atoms with E-state index >= 15 is 0 Å². The summed E-state index contributed by atoms with van der Waals surface area (Å²) in [5, 5.41) is 3.26. The maximum Gasteiger partial charge on any atom is 0.242 e. The van der Waals surface area contributed by atoms with Crippen LogP contribution in [0, 0.1) is 0 Å². The molecule has 0 aliphatic carbocycles. The van der Waals surface area contributed by atoms with E-state index in [4.69, 9.17) is 0 Å². The molecule has 0 aliphatic rings. The van der Waals surface area contributed by atoms with E-state index in [-0.39, 0.29) is 0 Å². The van der Waals surface area contributed by atoms with Gasteiger partial charge in [-0.1, -0.05) is 6.07 Å². The van der Waals surface area contributed by atoms with Gasteiger partial charge in [0.1, 0.15) is 0 Å². The second-order valence-corrected chi connectivity index (χ2v) is 7.00. The maximum absolute atomic E-state index is 11.9. The molecule has 5 nitrogen and oxygen atoms in total. The molecule has 0 bridgehead atoms. The molecule has 0 unspecified atom stereocenters. The quantitative estimate of drug-likeness (QED) is 0.886. The summed E-state index contributed by atoms with van der Waals surface area (Å²) in [7, 11) is -0.313. The highest BCUT2D eigenvalue weighted by Crippen LogP contribution is 2.16. The minimum atomic E-state index is -3.36. The maximum atomic E-state index is 11.9. The van der Waals surface area contributed by atoms with E-state index in [1.54, 1.807) is 30.5 Å². The van der Waals surface area contributed by atoms with Gasteiger partial charge in [-0.25, -0.2) is 12.7 Å². The van der Waals surface area contributed by atoms with Crippen molar-refractivity contribution < 1.29 is 8.42 Å². The first-order valence-corrected chi connectivity index (χ1v) is 8.09. The molecule has 0 amide bonds. The lowest BCUT2D eigenvalue weighted by molar-refractivity contribution is 0.521. The first kappa shape index (κ1) is 15.5. The molecule has 0 aliphatic heterocycles. The normalized spacial score (nSPS) is 11.6. The summed E-state index contributed by atoms with van der Waals surface area (Å²) in [6.45, 7) is 0.769. The molecule has 0 saturated carbocycles. The number of benzene rings is 1. The Morgan fingerprint density at radius 2 is 1.86 bits per heavy atom. The van der Waals surface area contributed by atoms with Gasteiger partial charge in [-0.3, -0.25) is 4.98 Å². The molecule has 1 aromatic heterocycles. The molecule has 2 aromatic rings. The van der Waals surface area contributed by atoms with Crippen molar-refractivity contribution in [3.63, 3.8) is 0 Å². The van der Waals surface area contributed by atoms with Crippen LogP contribution in [0.5, 0.6) is 0 Å². The first-order valence-electron chi connectivity index (χ1n) is 6.65. The van der Waals surface area contributed by atoms with Crippen molar-refractivity contribution in [2.24, 2.45) is 0 Å². The fourth-order valence-electron chi connectivity index (χ4n) is 1.85. The van der Waals surface area contributed by atoms with Gasteiger partial charge in [0, 0.05) is 38.7 Å². The van der Waals surface area contributed by atoms with Crippen molar-refractivity contribution in [2.75, 3.05) is 26.0 Å². The average Bonchev–Trinajstić information content (AvgIpc) is 2.49. The third kappa shape index (κ3) is 4.03. The van der Waals surface area contributed by atoms with Crippen molar-refractivity contribution in [1.29, 1.82) is 0 Å². The van der Waals surface area contributed by atoms with Gasteiger partial charge in [-0.05, 0) is 42.3 Å². The van der Waals surface area contributed by atoms with Crippen LogP contribution in [0.1, 0.15) is 5.56 Å². The van der Waals surface area contributed by atoms with Crippen LogP contribution < -0.4 is 5.32 Å². The first-order chi connectivity index (χ1) is 10.00. The Bertz CT molecular complexity index is 668. The Kier molecular flexibility index (Phi) is 4.93. The van der Waals surface area contributed by atoms with Crippen molar-refractivity contribution >= 4 is 15.7 Å². The molecule has 6 heteroatoms. The highest BCUT2D eigenvalue weighted by molar-refractivity contribution is 7.89. The van der Waals surface area contributed by atoms with Gasteiger partial charge in [0.05, 0.1) is 4.90 Å². The number of aromatic nitrogens is 1. The molecule has 2 rings (SSSR count). The van der Waals surface area contributed by atoms with Crippen LogP contribution in [0.25, 0.3) is 0 Å². The van der Waals surface area contributed by atoms with E-state index in [2.05, 4.69) is 10.3 Å². The Hall–Kier alpha value is -1.92. The standard InChI is InChI=1S/C15H19N3O2S/c1-18(2)21(19,20)15-7-5-14(6-8-15)17-11-9-13-4-3-10-16-12-13/h3-8,10,12,17H,9,11H2,1-2H3. The Morgan fingerprint density at radius 1 is 1.14 bits per heavy atom. The largest absolute Gasteiger partial charge is 0.385 e. The van der Waals surface area contributed by atoms with Gasteiger partial charge in [-0.2, -0.15) is 0 Å². The molecule has 1 N–H and O–H groups in total. The molecule has 1 aromatic carbocycles. The Morgan fingerprint density at radius 3 is 2.43 bits per heavy atom. The lowest BCUT2D eigenvalue weighted by Crippen LogP contribution is -2.22. The van der Waals surface area contributed by atoms with Crippen LogP contribution in [0.15, 0.2) is 53.7 Å². The lowest BCUT2D eigenvalue weighted by Gasteiger charge is -2.12. The fourth-order valence-corrected chi connectivity index (χ4v) is 2.75. The predicted molar refractivity (Wildman–Crippen MR) is 83.7 cm³/mol. The second-order valence-electron chi connectivity index (χ2n) is 4.85.